The lowest BCUT2D eigenvalue weighted by molar-refractivity contribution is 0.0696. The third-order valence-electron chi connectivity index (χ3n) is 3.66. The number of ether oxygens (including phenoxy) is 2. The van der Waals surface area contributed by atoms with Gasteiger partial charge in [-0.25, -0.2) is 13.2 Å². The molecular weight excluding hydrogens is 378 g/mol. The van der Waals surface area contributed by atoms with Gasteiger partial charge in [-0.05, 0) is 43.0 Å². The first-order valence-corrected chi connectivity index (χ1v) is 10.1. The number of methoxy groups -OCH3 is 2. The van der Waals surface area contributed by atoms with E-state index in [-0.39, 0.29) is 10.5 Å². The number of hydrogen-bond acceptors (Lipinski definition) is 6. The Hall–Kier alpha value is -2.39. The molecule has 2 rings (SSSR count). The molecule has 0 bridgehead atoms. The second kappa shape index (κ2) is 7.88. The molecule has 0 spiro atoms. The van der Waals surface area contributed by atoms with E-state index in [1.54, 1.807) is 19.2 Å². The Morgan fingerprint density at radius 1 is 1.12 bits per heavy atom. The molecule has 0 amide bonds. The predicted octanol–water partition coefficient (Wildman–Crippen LogP) is 3.23. The van der Waals surface area contributed by atoms with Gasteiger partial charge in [-0.2, -0.15) is 0 Å². The van der Waals surface area contributed by atoms with Crippen LogP contribution < -0.4 is 14.2 Å². The maximum absolute atomic E-state index is 12.8. The highest BCUT2D eigenvalue weighted by atomic mass is 32.2. The summed E-state index contributed by atoms with van der Waals surface area (Å²) in [5.41, 5.74) is 0.874. The zero-order valence-corrected chi connectivity index (χ0v) is 16.3. The number of benzene rings is 2. The van der Waals surface area contributed by atoms with E-state index in [4.69, 9.17) is 14.6 Å². The van der Waals surface area contributed by atoms with Crippen molar-refractivity contribution in [2.45, 2.75) is 16.7 Å². The minimum atomic E-state index is -3.91. The number of aromatic carboxylic acids is 1. The van der Waals surface area contributed by atoms with Gasteiger partial charge in [-0.1, -0.05) is 0 Å². The smallest absolute Gasteiger partial charge is 0.335 e. The monoisotopic (exact) mass is 397 g/mol. The third kappa shape index (κ3) is 4.05. The van der Waals surface area contributed by atoms with E-state index in [0.717, 1.165) is 0 Å². The molecule has 0 aliphatic heterocycles. The Morgan fingerprint density at radius 3 is 2.27 bits per heavy atom. The quantitative estimate of drug-likeness (QED) is 0.692. The number of hydrogen-bond donors (Lipinski definition) is 2. The van der Waals surface area contributed by atoms with Crippen LogP contribution >= 0.6 is 11.8 Å². The first kappa shape index (κ1) is 19.9. The molecule has 0 atom stereocenters. The van der Waals surface area contributed by atoms with Crippen LogP contribution in [0.2, 0.25) is 0 Å². The standard InChI is InChI=1S/C17H19NO6S2/c1-10-7-13(23-2)14(24-3)9-16(10)26(21,22)18-12-6-5-11(17(19)20)8-15(12)25-4/h5-9,18H,1-4H3,(H,19,20). The SMILES string of the molecule is COc1cc(C)c(S(=O)(=O)Nc2ccc(C(=O)O)cc2SC)cc1OC. The summed E-state index contributed by atoms with van der Waals surface area (Å²) in [4.78, 5) is 11.6. The summed E-state index contributed by atoms with van der Waals surface area (Å²) in [6.07, 6.45) is 1.74. The van der Waals surface area contributed by atoms with Crippen molar-refractivity contribution in [2.24, 2.45) is 0 Å². The number of carbonyl (C=O) groups is 1. The van der Waals surface area contributed by atoms with Crippen LogP contribution in [-0.4, -0.2) is 40.0 Å². The summed E-state index contributed by atoms with van der Waals surface area (Å²) >= 11 is 1.25. The predicted molar refractivity (Wildman–Crippen MR) is 100 cm³/mol. The summed E-state index contributed by atoms with van der Waals surface area (Å²) < 4.78 is 38.6. The van der Waals surface area contributed by atoms with Crippen LogP contribution in [0, 0.1) is 6.92 Å². The Balaban J connectivity index is 2.48. The fourth-order valence-corrected chi connectivity index (χ4v) is 4.33. The van der Waals surface area contributed by atoms with E-state index < -0.39 is 16.0 Å². The Morgan fingerprint density at radius 2 is 1.73 bits per heavy atom. The Bertz CT molecular complexity index is 941. The third-order valence-corrected chi connectivity index (χ3v) is 5.95. The molecule has 0 heterocycles. The minimum absolute atomic E-state index is 0.0458. The van der Waals surface area contributed by atoms with Crippen LogP contribution in [0.25, 0.3) is 0 Å². The first-order chi connectivity index (χ1) is 12.2. The largest absolute Gasteiger partial charge is 0.493 e. The minimum Gasteiger partial charge on any atom is -0.493 e. The fraction of sp³-hybridized carbons (Fsp3) is 0.235. The van der Waals surface area contributed by atoms with E-state index in [1.807, 2.05) is 0 Å². The van der Waals surface area contributed by atoms with Crippen LogP contribution in [-0.2, 0) is 10.0 Å². The van der Waals surface area contributed by atoms with Crippen molar-refractivity contribution in [3.05, 3.63) is 41.5 Å². The maximum Gasteiger partial charge on any atom is 0.335 e. The van der Waals surface area contributed by atoms with Crippen LogP contribution in [0.15, 0.2) is 40.1 Å². The molecule has 0 fully saturated rings. The Kier molecular flexibility index (Phi) is 6.04. The number of rotatable bonds is 7. The van der Waals surface area contributed by atoms with Gasteiger partial charge in [-0.15, -0.1) is 11.8 Å². The number of nitrogens with one attached hydrogen (secondary N) is 1. The average molecular weight is 397 g/mol. The summed E-state index contributed by atoms with van der Waals surface area (Å²) in [6, 6.07) is 7.17. The summed E-state index contributed by atoms with van der Waals surface area (Å²) in [5.74, 6) is -0.352. The molecule has 7 nitrogen and oxygen atoms in total. The van der Waals surface area contributed by atoms with E-state index in [9.17, 15) is 13.2 Å². The Labute approximate surface area is 156 Å². The van der Waals surface area contributed by atoms with Crippen molar-refractivity contribution < 1.29 is 27.8 Å². The first-order valence-electron chi connectivity index (χ1n) is 7.40. The number of anilines is 1. The van der Waals surface area contributed by atoms with Gasteiger partial charge < -0.3 is 14.6 Å². The van der Waals surface area contributed by atoms with Crippen molar-refractivity contribution in [3.8, 4) is 11.5 Å². The molecule has 9 heteroatoms. The molecule has 0 aliphatic rings. The molecule has 0 saturated heterocycles. The van der Waals surface area contributed by atoms with Crippen molar-refractivity contribution in [2.75, 3.05) is 25.2 Å². The normalized spacial score (nSPS) is 11.1. The molecule has 2 aromatic carbocycles. The van der Waals surface area contributed by atoms with Crippen LogP contribution in [0.3, 0.4) is 0 Å². The molecule has 0 radical (unpaired) electrons. The van der Waals surface area contributed by atoms with Crippen LogP contribution in [0.4, 0.5) is 5.69 Å². The zero-order valence-electron chi connectivity index (χ0n) is 14.7. The van der Waals surface area contributed by atoms with Gasteiger partial charge in [0, 0.05) is 11.0 Å². The van der Waals surface area contributed by atoms with Gasteiger partial charge in [0.1, 0.15) is 0 Å². The number of carboxylic acid groups (broad SMARTS) is 1. The molecule has 0 aromatic heterocycles. The van der Waals surface area contributed by atoms with Gasteiger partial charge in [0.25, 0.3) is 10.0 Å². The zero-order chi connectivity index (χ0) is 19.5. The van der Waals surface area contributed by atoms with Crippen LogP contribution in [0.5, 0.6) is 11.5 Å². The lowest BCUT2D eigenvalue weighted by Gasteiger charge is -2.16. The van der Waals surface area contributed by atoms with Gasteiger partial charge in [-0.3, -0.25) is 4.72 Å². The van der Waals surface area contributed by atoms with Gasteiger partial charge in [0.2, 0.25) is 0 Å². The second-order valence-electron chi connectivity index (χ2n) is 5.30. The number of sulfonamides is 1. The van der Waals surface area contributed by atoms with E-state index in [2.05, 4.69) is 4.72 Å². The van der Waals surface area contributed by atoms with Crippen molar-refractivity contribution in [1.29, 1.82) is 0 Å². The summed E-state index contributed by atoms with van der Waals surface area (Å²) in [6.45, 7) is 1.65. The van der Waals surface area contributed by atoms with Gasteiger partial charge in [0.05, 0.1) is 30.4 Å². The second-order valence-corrected chi connectivity index (χ2v) is 7.80. The lowest BCUT2D eigenvalue weighted by atomic mass is 10.2. The lowest BCUT2D eigenvalue weighted by Crippen LogP contribution is -2.15. The van der Waals surface area contributed by atoms with Crippen molar-refractivity contribution in [1.82, 2.24) is 0 Å². The average Bonchev–Trinajstić information content (AvgIpc) is 2.60. The topological polar surface area (TPSA) is 102 Å². The van der Waals surface area contributed by atoms with Crippen molar-refractivity contribution >= 4 is 33.4 Å². The van der Waals surface area contributed by atoms with Gasteiger partial charge >= 0.3 is 5.97 Å². The summed E-state index contributed by atoms with van der Waals surface area (Å²) in [7, 11) is -1.02. The maximum atomic E-state index is 12.8. The van der Waals surface area contributed by atoms with Gasteiger partial charge in [0.15, 0.2) is 11.5 Å². The van der Waals surface area contributed by atoms with E-state index >= 15 is 0 Å². The van der Waals surface area contributed by atoms with E-state index in [0.29, 0.717) is 27.6 Å². The summed E-state index contributed by atoms with van der Waals surface area (Å²) in [5, 5.41) is 9.08. The number of thioether (sulfide) groups is 1. The molecule has 0 aliphatic carbocycles. The van der Waals surface area contributed by atoms with Crippen molar-refractivity contribution in [3.63, 3.8) is 0 Å². The number of aryl methyl sites for hydroxylation is 1. The highest BCUT2D eigenvalue weighted by Gasteiger charge is 2.22. The molecule has 0 saturated carbocycles. The highest BCUT2D eigenvalue weighted by Crippen LogP contribution is 2.34. The highest BCUT2D eigenvalue weighted by molar-refractivity contribution is 7.99. The number of carboxylic acids is 1. The molecule has 2 N–H and O–H groups in total. The molecule has 2 aromatic rings. The molecular formula is C17H19NO6S2. The van der Waals surface area contributed by atoms with Crippen LogP contribution in [0.1, 0.15) is 15.9 Å². The molecule has 140 valence electrons. The fourth-order valence-electron chi connectivity index (χ4n) is 2.36. The molecule has 26 heavy (non-hydrogen) atoms. The molecule has 0 unspecified atom stereocenters. The van der Waals surface area contributed by atoms with E-state index in [1.165, 1.54) is 50.2 Å².